The van der Waals surface area contributed by atoms with Gasteiger partial charge in [-0.1, -0.05) is 48.5 Å². The van der Waals surface area contributed by atoms with Crippen LogP contribution in [0.25, 0.3) is 0 Å². The highest BCUT2D eigenvalue weighted by atomic mass is 16.6. The summed E-state index contributed by atoms with van der Waals surface area (Å²) in [6, 6.07) is 22.8. The van der Waals surface area contributed by atoms with E-state index < -0.39 is 60.9 Å². The average Bonchev–Trinajstić information content (AvgIpc) is 3.52. The molecule has 0 aliphatic carbocycles. The van der Waals surface area contributed by atoms with Crippen LogP contribution in [0, 0.1) is 0 Å². The van der Waals surface area contributed by atoms with Gasteiger partial charge < -0.3 is 44.6 Å². The van der Waals surface area contributed by atoms with E-state index in [0.717, 1.165) is 24.2 Å². The van der Waals surface area contributed by atoms with Crippen molar-refractivity contribution in [3.8, 4) is 0 Å². The first-order valence-electron chi connectivity index (χ1n) is 17.5. The second kappa shape index (κ2) is 23.0. The molecule has 0 saturated carbocycles. The lowest BCUT2D eigenvalue weighted by atomic mass is 10.1. The fourth-order valence-electron chi connectivity index (χ4n) is 5.12. The van der Waals surface area contributed by atoms with Crippen molar-refractivity contribution < 1.29 is 78.1 Å². The summed E-state index contributed by atoms with van der Waals surface area (Å²) in [4.78, 5) is 95.5. The third-order valence-corrected chi connectivity index (χ3v) is 7.99. The summed E-state index contributed by atoms with van der Waals surface area (Å²) in [5.74, 6) is -7.78. The van der Waals surface area contributed by atoms with Crippen molar-refractivity contribution in [1.82, 2.24) is 4.90 Å². The van der Waals surface area contributed by atoms with Crippen molar-refractivity contribution in [2.75, 3.05) is 39.5 Å². The second-order valence-corrected chi connectivity index (χ2v) is 11.8. The molecule has 1 aliphatic rings. The second-order valence-electron chi connectivity index (χ2n) is 11.8. The Morgan fingerprint density at radius 3 is 1.17 bits per heavy atom. The van der Waals surface area contributed by atoms with Gasteiger partial charge in [-0.15, -0.1) is 0 Å². The molecule has 17 heteroatoms. The van der Waals surface area contributed by atoms with Crippen molar-refractivity contribution in [3.05, 3.63) is 142 Å². The molecule has 1 amide bonds. The van der Waals surface area contributed by atoms with Crippen LogP contribution in [-0.4, -0.2) is 118 Å². The number of aliphatic hydroxyl groups is 2. The molecule has 58 heavy (non-hydrogen) atoms. The number of benzene rings is 4. The van der Waals surface area contributed by atoms with Gasteiger partial charge in [0.25, 0.3) is 5.91 Å². The van der Waals surface area contributed by atoms with Crippen LogP contribution in [0.5, 0.6) is 0 Å². The topological polar surface area (TPSA) is 269 Å². The fourth-order valence-corrected chi connectivity index (χ4v) is 5.12. The summed E-state index contributed by atoms with van der Waals surface area (Å²) >= 11 is 0. The number of carbonyl (C=O) groups excluding carboxylic acids is 5. The number of ether oxygens (including phenoxy) is 3. The van der Waals surface area contributed by atoms with Crippen molar-refractivity contribution in [1.29, 1.82) is 0 Å². The van der Waals surface area contributed by atoms with Crippen LogP contribution in [-0.2, 0) is 14.2 Å². The van der Waals surface area contributed by atoms with Crippen LogP contribution in [0.2, 0.25) is 0 Å². The SMILES string of the molecule is O=C(O)c1ccccc1C(=O)OCCN(CCOC(=O)c1ccccc1C(=O)O)C(=O)c1ccccc1C(=O)O.O=C1OC(=O)c2ccccc21.OCCCCCO. The minimum atomic E-state index is -1.35. The molecule has 4 aromatic rings. The van der Waals surface area contributed by atoms with Gasteiger partial charge in [0.15, 0.2) is 0 Å². The number of unbranched alkanes of at least 4 members (excludes halogenated alkanes) is 2. The Morgan fingerprint density at radius 1 is 0.483 bits per heavy atom. The number of aromatic carboxylic acids is 3. The normalized spacial score (nSPS) is 11.0. The smallest absolute Gasteiger partial charge is 0.346 e. The number of carbonyl (C=O) groups is 8. The van der Waals surface area contributed by atoms with Crippen molar-refractivity contribution in [2.45, 2.75) is 19.3 Å². The Morgan fingerprint density at radius 2 is 0.810 bits per heavy atom. The van der Waals surface area contributed by atoms with Gasteiger partial charge in [-0.3, -0.25) is 4.79 Å². The van der Waals surface area contributed by atoms with E-state index in [1.54, 1.807) is 24.3 Å². The molecule has 5 N–H and O–H groups in total. The highest BCUT2D eigenvalue weighted by molar-refractivity contribution is 6.14. The number of rotatable bonds is 16. The molecule has 5 rings (SSSR count). The first-order chi connectivity index (χ1) is 27.8. The number of esters is 4. The lowest BCUT2D eigenvalue weighted by Gasteiger charge is -2.23. The van der Waals surface area contributed by atoms with Crippen LogP contribution < -0.4 is 0 Å². The fraction of sp³-hybridized carbons (Fsp3) is 0.220. The molecule has 0 spiro atoms. The maximum atomic E-state index is 13.3. The monoisotopic (exact) mass is 801 g/mol. The Kier molecular flexibility index (Phi) is 17.9. The lowest BCUT2D eigenvalue weighted by molar-refractivity contribution is 0.0355. The number of carboxylic acids is 3. The number of cyclic esters (lactones) is 2. The van der Waals surface area contributed by atoms with E-state index in [0.29, 0.717) is 11.1 Å². The van der Waals surface area contributed by atoms with Crippen molar-refractivity contribution >= 4 is 47.7 Å². The molecule has 1 aliphatic heterocycles. The summed E-state index contributed by atoms with van der Waals surface area (Å²) < 4.78 is 14.7. The number of nitrogens with zero attached hydrogens (tertiary/aromatic N) is 1. The molecular weight excluding hydrogens is 762 g/mol. The zero-order chi connectivity index (χ0) is 42.6. The number of carboxylic acid groups (broad SMARTS) is 3. The summed E-state index contributed by atoms with van der Waals surface area (Å²) in [6.45, 7) is -0.832. The summed E-state index contributed by atoms with van der Waals surface area (Å²) in [7, 11) is 0. The zero-order valence-electron chi connectivity index (χ0n) is 30.8. The number of hydrogen-bond acceptors (Lipinski definition) is 13. The molecule has 0 radical (unpaired) electrons. The van der Waals surface area contributed by atoms with Crippen LogP contribution in [0.1, 0.15) is 102 Å². The molecule has 0 aromatic heterocycles. The molecule has 0 bridgehead atoms. The van der Waals surface area contributed by atoms with E-state index in [2.05, 4.69) is 4.74 Å². The molecule has 17 nitrogen and oxygen atoms in total. The molecule has 0 fully saturated rings. The summed E-state index contributed by atoms with van der Waals surface area (Å²) in [5, 5.41) is 44.5. The van der Waals surface area contributed by atoms with Gasteiger partial charge in [-0.2, -0.15) is 0 Å². The van der Waals surface area contributed by atoms with Gasteiger partial charge >= 0.3 is 41.8 Å². The highest BCUT2D eigenvalue weighted by Gasteiger charge is 2.28. The minimum absolute atomic E-state index is 0.167. The summed E-state index contributed by atoms with van der Waals surface area (Å²) in [5.41, 5.74) is -0.675. The number of aliphatic hydroxyl groups excluding tert-OH is 2. The maximum Gasteiger partial charge on any atom is 0.346 e. The van der Waals surface area contributed by atoms with Crippen LogP contribution in [0.15, 0.2) is 97.1 Å². The molecule has 0 unspecified atom stereocenters. The zero-order valence-corrected chi connectivity index (χ0v) is 30.8. The third-order valence-electron chi connectivity index (χ3n) is 7.99. The van der Waals surface area contributed by atoms with Gasteiger partial charge in [0.1, 0.15) is 13.2 Å². The molecule has 304 valence electrons. The average molecular weight is 802 g/mol. The molecule has 1 heterocycles. The molecule has 4 aromatic carbocycles. The Hall–Kier alpha value is -7.24. The Bertz CT molecular complexity index is 2020. The van der Waals surface area contributed by atoms with Gasteiger partial charge in [-0.25, -0.2) is 33.6 Å². The first kappa shape index (κ1) is 45.2. The van der Waals surface area contributed by atoms with E-state index in [1.165, 1.54) is 72.8 Å². The van der Waals surface area contributed by atoms with Gasteiger partial charge in [0.05, 0.1) is 57.6 Å². The standard InChI is InChI=1S/C28H23NO11.C8H4O3.C5H12O2/c30-23(17-7-1-2-8-18(17)24(31)32)29(13-15-39-27(37)21-11-5-3-9-19(21)25(33)34)14-16-40-28(38)22-12-6-4-10-20(22)26(35)36;9-7-5-3-1-2-4-6(5)8(10)11-7;6-4-2-1-3-5-7/h1-12H,13-16H2,(H,31,32)(H,33,34)(H,35,36);1-4H;6-7H,1-5H2. The van der Waals surface area contributed by atoms with E-state index in [1.807, 2.05) is 0 Å². The number of amides is 1. The van der Waals surface area contributed by atoms with Crippen LogP contribution in [0.3, 0.4) is 0 Å². The Labute approximate surface area is 330 Å². The van der Waals surface area contributed by atoms with Gasteiger partial charge in [-0.05, 0) is 67.8 Å². The van der Waals surface area contributed by atoms with Crippen molar-refractivity contribution in [3.63, 3.8) is 0 Å². The van der Waals surface area contributed by atoms with E-state index in [9.17, 15) is 53.7 Å². The Balaban J connectivity index is 0.000000406. The minimum Gasteiger partial charge on any atom is -0.478 e. The predicted molar refractivity (Wildman–Crippen MR) is 201 cm³/mol. The van der Waals surface area contributed by atoms with Gasteiger partial charge in [0.2, 0.25) is 0 Å². The van der Waals surface area contributed by atoms with Gasteiger partial charge in [0, 0.05) is 13.2 Å². The largest absolute Gasteiger partial charge is 0.478 e. The molecule has 0 atom stereocenters. The maximum absolute atomic E-state index is 13.3. The summed E-state index contributed by atoms with van der Waals surface area (Å²) in [6.07, 6.45) is 2.58. The predicted octanol–water partition coefficient (Wildman–Crippen LogP) is 4.08. The van der Waals surface area contributed by atoms with Crippen LogP contribution in [0.4, 0.5) is 0 Å². The van der Waals surface area contributed by atoms with E-state index in [4.69, 9.17) is 19.7 Å². The highest BCUT2D eigenvalue weighted by Crippen LogP contribution is 2.19. The van der Waals surface area contributed by atoms with E-state index in [-0.39, 0.29) is 59.7 Å². The van der Waals surface area contributed by atoms with Crippen LogP contribution >= 0.6 is 0 Å². The number of hydrogen-bond donors (Lipinski definition) is 5. The molecule has 0 saturated heterocycles. The number of fused-ring (bicyclic) bond motifs is 1. The molecular formula is C41H39NO16. The lowest BCUT2D eigenvalue weighted by Crippen LogP contribution is -2.38. The van der Waals surface area contributed by atoms with E-state index >= 15 is 0 Å². The van der Waals surface area contributed by atoms with Crippen molar-refractivity contribution in [2.24, 2.45) is 0 Å². The first-order valence-corrected chi connectivity index (χ1v) is 17.5. The quantitative estimate of drug-likeness (QED) is 0.0462. The third kappa shape index (κ3) is 12.9.